The van der Waals surface area contributed by atoms with E-state index in [1.54, 1.807) is 0 Å². The van der Waals surface area contributed by atoms with E-state index >= 15 is 0 Å². The highest BCUT2D eigenvalue weighted by Crippen LogP contribution is 2.29. The van der Waals surface area contributed by atoms with E-state index in [4.69, 9.17) is 0 Å². The van der Waals surface area contributed by atoms with Gasteiger partial charge in [0.2, 0.25) is 0 Å². The molecule has 0 saturated heterocycles. The zero-order valence-corrected chi connectivity index (χ0v) is 14.6. The fraction of sp³-hybridized carbons (Fsp3) is 0.938. The van der Waals surface area contributed by atoms with Gasteiger partial charge >= 0.3 is 6.03 Å². The van der Waals surface area contributed by atoms with Gasteiger partial charge in [-0.05, 0) is 37.5 Å². The molecule has 0 aromatic carbocycles. The Morgan fingerprint density at radius 2 is 1.82 bits per heavy atom. The van der Waals surface area contributed by atoms with Crippen molar-refractivity contribution in [3.8, 4) is 0 Å². The highest BCUT2D eigenvalue weighted by molar-refractivity contribution is 7.91. The van der Waals surface area contributed by atoms with Gasteiger partial charge in [-0.1, -0.05) is 32.6 Å². The maximum Gasteiger partial charge on any atom is 0.315 e. The van der Waals surface area contributed by atoms with Crippen LogP contribution in [0.4, 0.5) is 4.79 Å². The summed E-state index contributed by atoms with van der Waals surface area (Å²) in [7, 11) is -3.00. The predicted molar refractivity (Wildman–Crippen MR) is 88.5 cm³/mol. The summed E-state index contributed by atoms with van der Waals surface area (Å²) in [5.74, 6) is 1.26. The molecule has 2 fully saturated rings. The van der Waals surface area contributed by atoms with Gasteiger partial charge in [-0.3, -0.25) is 0 Å². The molecule has 22 heavy (non-hydrogen) atoms. The molecule has 0 aromatic rings. The Bertz CT molecular complexity index is 478. The summed E-state index contributed by atoms with van der Waals surface area (Å²) in [5, 5.41) is 5.64. The molecule has 2 aliphatic rings. The highest BCUT2D eigenvalue weighted by atomic mass is 32.2. The molecule has 2 N–H and O–H groups in total. The third-order valence-corrected chi connectivity index (χ3v) is 7.02. The van der Waals surface area contributed by atoms with E-state index in [1.165, 1.54) is 31.9 Å². The van der Waals surface area contributed by atoms with E-state index in [2.05, 4.69) is 17.6 Å². The number of carbonyl (C=O) groups is 1. The van der Waals surface area contributed by atoms with Gasteiger partial charge in [-0.25, -0.2) is 13.2 Å². The van der Waals surface area contributed by atoms with E-state index in [1.807, 2.05) is 0 Å². The summed E-state index contributed by atoms with van der Waals surface area (Å²) in [6.07, 6.45) is 9.32. The Kier molecular flexibility index (Phi) is 6.12. The first kappa shape index (κ1) is 17.6. The number of rotatable bonds is 4. The average Bonchev–Trinajstić information content (AvgIpc) is 2.46. The Hall–Kier alpha value is -0.780. The van der Waals surface area contributed by atoms with Crippen LogP contribution in [-0.4, -0.2) is 38.5 Å². The van der Waals surface area contributed by atoms with Crippen molar-refractivity contribution >= 4 is 15.9 Å². The van der Waals surface area contributed by atoms with Crippen LogP contribution in [0.15, 0.2) is 0 Å². The van der Waals surface area contributed by atoms with Crippen LogP contribution >= 0.6 is 0 Å². The lowest BCUT2D eigenvalue weighted by Gasteiger charge is -2.30. The fourth-order valence-electron chi connectivity index (χ4n) is 3.82. The monoisotopic (exact) mass is 330 g/mol. The van der Waals surface area contributed by atoms with E-state index in [9.17, 15) is 13.2 Å². The van der Waals surface area contributed by atoms with Gasteiger partial charge in [0.25, 0.3) is 0 Å². The normalized spacial score (nSPS) is 33.2. The molecule has 128 valence electrons. The lowest BCUT2D eigenvalue weighted by molar-refractivity contribution is 0.217. The molecule has 5 nitrogen and oxygen atoms in total. The summed E-state index contributed by atoms with van der Waals surface area (Å²) in [6, 6.07) is -0.158. The topological polar surface area (TPSA) is 75.3 Å². The van der Waals surface area contributed by atoms with Crippen molar-refractivity contribution in [2.24, 2.45) is 11.8 Å². The van der Waals surface area contributed by atoms with Crippen LogP contribution in [0, 0.1) is 11.8 Å². The van der Waals surface area contributed by atoms with Gasteiger partial charge < -0.3 is 10.6 Å². The molecule has 2 amide bonds. The Labute approximate surface area is 134 Å². The highest BCUT2D eigenvalue weighted by Gasteiger charge is 2.29. The molecule has 6 heteroatoms. The Morgan fingerprint density at radius 3 is 2.50 bits per heavy atom. The minimum Gasteiger partial charge on any atom is -0.338 e. The van der Waals surface area contributed by atoms with Crippen molar-refractivity contribution in [3.05, 3.63) is 0 Å². The summed E-state index contributed by atoms with van der Waals surface area (Å²) >= 11 is 0. The molecule has 2 rings (SSSR count). The van der Waals surface area contributed by atoms with Gasteiger partial charge in [0.15, 0.2) is 0 Å². The quantitative estimate of drug-likeness (QED) is 0.831. The lowest BCUT2D eigenvalue weighted by Crippen LogP contribution is -2.47. The van der Waals surface area contributed by atoms with Crippen LogP contribution in [0.5, 0.6) is 0 Å². The molecule has 0 aromatic heterocycles. The van der Waals surface area contributed by atoms with Gasteiger partial charge in [-0.2, -0.15) is 0 Å². The third kappa shape index (κ3) is 5.14. The molecular formula is C16H30N2O3S. The minimum absolute atomic E-state index is 0.0164. The van der Waals surface area contributed by atoms with Crippen LogP contribution < -0.4 is 10.6 Å². The zero-order valence-electron chi connectivity index (χ0n) is 13.8. The smallest absolute Gasteiger partial charge is 0.315 e. The first-order valence-corrected chi connectivity index (χ1v) is 10.5. The van der Waals surface area contributed by atoms with Crippen molar-refractivity contribution < 1.29 is 13.2 Å². The van der Waals surface area contributed by atoms with Crippen molar-refractivity contribution in [2.75, 3.05) is 12.8 Å². The number of nitrogens with one attached hydrogen (secondary N) is 2. The first-order chi connectivity index (χ1) is 10.4. The van der Waals surface area contributed by atoms with Crippen LogP contribution in [0.25, 0.3) is 0 Å². The molecule has 2 saturated carbocycles. The summed E-state index contributed by atoms with van der Waals surface area (Å²) < 4.78 is 23.3. The number of carbonyl (C=O) groups excluding carboxylic acids is 1. The van der Waals surface area contributed by atoms with Crippen LogP contribution in [0.2, 0.25) is 0 Å². The summed E-state index contributed by atoms with van der Waals surface area (Å²) in [4.78, 5) is 12.0. The molecule has 4 atom stereocenters. The molecule has 2 aliphatic carbocycles. The molecule has 0 heterocycles. The van der Waals surface area contributed by atoms with Crippen molar-refractivity contribution in [2.45, 2.75) is 69.6 Å². The molecule has 4 unspecified atom stereocenters. The molecular weight excluding hydrogens is 300 g/mol. The average molecular weight is 330 g/mol. The first-order valence-electron chi connectivity index (χ1n) is 8.59. The molecule has 0 aliphatic heterocycles. The minimum atomic E-state index is -3.00. The van der Waals surface area contributed by atoms with Gasteiger partial charge in [0.05, 0.1) is 5.25 Å². The second-order valence-corrected chi connectivity index (χ2v) is 9.52. The summed E-state index contributed by atoms with van der Waals surface area (Å²) in [6.45, 7) is 3.00. The number of hydrogen-bond donors (Lipinski definition) is 2. The standard InChI is InChI=1S/C16H30N2O3S/c1-12-6-3-4-7-13(12)11-17-16(19)18-14-8-5-9-15(10-14)22(2,20)21/h12-15H,3-11H2,1-2H3,(H2,17,18,19). The summed E-state index contributed by atoms with van der Waals surface area (Å²) in [5.41, 5.74) is 0. The predicted octanol–water partition coefficient (Wildman–Crippen LogP) is 2.47. The number of hydrogen-bond acceptors (Lipinski definition) is 3. The van der Waals surface area contributed by atoms with E-state index < -0.39 is 9.84 Å². The molecule has 0 bridgehead atoms. The van der Waals surface area contributed by atoms with E-state index in [0.717, 1.165) is 25.8 Å². The number of sulfone groups is 1. The fourth-order valence-corrected chi connectivity index (χ4v) is 5.00. The Morgan fingerprint density at radius 1 is 1.09 bits per heavy atom. The third-order valence-electron chi connectivity index (χ3n) is 5.38. The van der Waals surface area contributed by atoms with Gasteiger partial charge in [-0.15, -0.1) is 0 Å². The van der Waals surface area contributed by atoms with Crippen molar-refractivity contribution in [1.82, 2.24) is 10.6 Å². The lowest BCUT2D eigenvalue weighted by atomic mass is 9.80. The van der Waals surface area contributed by atoms with Gasteiger partial charge in [0, 0.05) is 18.8 Å². The number of amides is 2. The largest absolute Gasteiger partial charge is 0.338 e. The van der Waals surface area contributed by atoms with Crippen LogP contribution in [-0.2, 0) is 9.84 Å². The number of urea groups is 1. The van der Waals surface area contributed by atoms with Crippen LogP contribution in [0.3, 0.4) is 0 Å². The maximum absolute atomic E-state index is 12.0. The van der Waals surface area contributed by atoms with E-state index in [-0.39, 0.29) is 17.3 Å². The van der Waals surface area contributed by atoms with Crippen molar-refractivity contribution in [3.63, 3.8) is 0 Å². The second-order valence-electron chi connectivity index (χ2n) is 7.19. The molecule has 0 spiro atoms. The Balaban J connectivity index is 1.74. The van der Waals surface area contributed by atoms with Gasteiger partial charge in [0.1, 0.15) is 9.84 Å². The van der Waals surface area contributed by atoms with E-state index in [0.29, 0.717) is 18.3 Å². The van der Waals surface area contributed by atoms with Crippen molar-refractivity contribution in [1.29, 1.82) is 0 Å². The zero-order chi connectivity index (χ0) is 16.2. The SMILES string of the molecule is CC1CCCCC1CNC(=O)NC1CCCC(S(C)(=O)=O)C1. The molecule has 0 radical (unpaired) electrons. The van der Waals surface area contributed by atoms with Crippen LogP contribution in [0.1, 0.15) is 58.3 Å². The second kappa shape index (κ2) is 7.66. The maximum atomic E-state index is 12.0.